The van der Waals surface area contributed by atoms with Crippen LogP contribution in [0.4, 0.5) is 11.6 Å². The highest BCUT2D eigenvalue weighted by Gasteiger charge is 2.17. The Hall–Kier alpha value is -1.36. The van der Waals surface area contributed by atoms with E-state index in [2.05, 4.69) is 35.6 Å². The van der Waals surface area contributed by atoms with Crippen LogP contribution in [0, 0.1) is 6.92 Å². The maximum Gasteiger partial charge on any atom is 0.137 e. The van der Waals surface area contributed by atoms with E-state index >= 15 is 0 Å². The zero-order chi connectivity index (χ0) is 13.7. The largest absolute Gasteiger partial charge is 0.395 e. The molecule has 0 saturated heterocycles. The molecule has 0 aromatic carbocycles. The molecule has 1 aromatic heterocycles. The molecular formula is C13H24N4O. The summed E-state index contributed by atoms with van der Waals surface area (Å²) in [4.78, 5) is 11.0. The third kappa shape index (κ3) is 3.32. The number of aromatic nitrogens is 2. The molecule has 0 radical (unpaired) electrons. The highest BCUT2D eigenvalue weighted by atomic mass is 16.3. The number of nitrogen functional groups attached to an aromatic ring is 1. The zero-order valence-electron chi connectivity index (χ0n) is 11.8. The molecule has 0 unspecified atom stereocenters. The first-order valence-electron chi connectivity index (χ1n) is 6.51. The predicted octanol–water partition coefficient (Wildman–Crippen LogP) is 1.53. The van der Waals surface area contributed by atoms with Crippen LogP contribution in [-0.2, 0) is 6.42 Å². The second kappa shape index (κ2) is 6.54. The lowest BCUT2D eigenvalue weighted by Gasteiger charge is -2.29. The quantitative estimate of drug-likeness (QED) is 0.803. The number of aliphatic hydroxyl groups is 1. The number of rotatable bonds is 6. The molecule has 0 atom stereocenters. The molecule has 0 bridgehead atoms. The minimum absolute atomic E-state index is 0.102. The van der Waals surface area contributed by atoms with Crippen molar-refractivity contribution in [2.75, 3.05) is 23.8 Å². The fraction of sp³-hybridized carbons (Fsp3) is 0.692. The maximum absolute atomic E-state index is 9.16. The second-order valence-corrected chi connectivity index (χ2v) is 4.73. The summed E-state index contributed by atoms with van der Waals surface area (Å²) in [5.41, 5.74) is 6.83. The molecule has 0 aliphatic heterocycles. The Morgan fingerprint density at radius 2 is 2.00 bits per heavy atom. The first kappa shape index (κ1) is 14.7. The molecule has 18 heavy (non-hydrogen) atoms. The van der Waals surface area contributed by atoms with Crippen LogP contribution < -0.4 is 10.6 Å². The molecular weight excluding hydrogens is 228 g/mol. The van der Waals surface area contributed by atoms with E-state index in [4.69, 9.17) is 10.8 Å². The van der Waals surface area contributed by atoms with Crippen LogP contribution in [0.2, 0.25) is 0 Å². The van der Waals surface area contributed by atoms with Gasteiger partial charge in [-0.1, -0.05) is 6.92 Å². The van der Waals surface area contributed by atoms with Gasteiger partial charge in [-0.15, -0.1) is 0 Å². The van der Waals surface area contributed by atoms with E-state index in [1.54, 1.807) is 0 Å². The van der Waals surface area contributed by atoms with Gasteiger partial charge in [0, 0.05) is 24.6 Å². The minimum atomic E-state index is 0.102. The molecule has 1 aromatic rings. The Morgan fingerprint density at radius 1 is 1.33 bits per heavy atom. The summed E-state index contributed by atoms with van der Waals surface area (Å²) in [6.07, 6.45) is 1.81. The maximum atomic E-state index is 9.16. The lowest BCUT2D eigenvalue weighted by atomic mass is 10.2. The van der Waals surface area contributed by atoms with Crippen molar-refractivity contribution in [2.45, 2.75) is 46.6 Å². The first-order chi connectivity index (χ1) is 8.51. The molecule has 0 aliphatic carbocycles. The monoisotopic (exact) mass is 252 g/mol. The fourth-order valence-corrected chi connectivity index (χ4v) is 1.90. The van der Waals surface area contributed by atoms with Crippen molar-refractivity contribution in [1.29, 1.82) is 0 Å². The molecule has 0 fully saturated rings. The molecule has 0 saturated carbocycles. The van der Waals surface area contributed by atoms with Gasteiger partial charge in [0.2, 0.25) is 0 Å². The van der Waals surface area contributed by atoms with Crippen molar-refractivity contribution in [3.8, 4) is 0 Å². The van der Waals surface area contributed by atoms with Crippen LogP contribution in [0.25, 0.3) is 0 Å². The van der Waals surface area contributed by atoms with Gasteiger partial charge in [0.25, 0.3) is 0 Å². The average molecular weight is 252 g/mol. The number of hydrogen-bond acceptors (Lipinski definition) is 5. The lowest BCUT2D eigenvalue weighted by molar-refractivity contribution is 0.298. The number of aryl methyl sites for hydroxylation is 1. The molecule has 0 spiro atoms. The van der Waals surface area contributed by atoms with Crippen LogP contribution in [0.3, 0.4) is 0 Å². The summed E-state index contributed by atoms with van der Waals surface area (Å²) in [5.74, 6) is 2.15. The molecule has 0 amide bonds. The van der Waals surface area contributed by atoms with Crippen LogP contribution in [0.15, 0.2) is 0 Å². The summed E-state index contributed by atoms with van der Waals surface area (Å²) in [5, 5.41) is 9.16. The van der Waals surface area contributed by atoms with E-state index in [1.165, 1.54) is 0 Å². The Kier molecular flexibility index (Phi) is 5.34. The van der Waals surface area contributed by atoms with Crippen molar-refractivity contribution >= 4 is 11.6 Å². The molecule has 102 valence electrons. The molecule has 3 N–H and O–H groups in total. The van der Waals surface area contributed by atoms with Crippen molar-refractivity contribution in [1.82, 2.24) is 9.97 Å². The zero-order valence-corrected chi connectivity index (χ0v) is 11.8. The van der Waals surface area contributed by atoms with Crippen LogP contribution in [0.5, 0.6) is 0 Å². The third-order valence-corrected chi connectivity index (χ3v) is 2.91. The van der Waals surface area contributed by atoms with Crippen molar-refractivity contribution in [3.63, 3.8) is 0 Å². The summed E-state index contributed by atoms with van der Waals surface area (Å²) in [6.45, 7) is 8.82. The van der Waals surface area contributed by atoms with Gasteiger partial charge in [0.05, 0.1) is 6.61 Å². The predicted molar refractivity (Wildman–Crippen MR) is 74.7 cm³/mol. The Balaban J connectivity index is 3.18. The van der Waals surface area contributed by atoms with E-state index < -0.39 is 0 Å². The number of aliphatic hydroxyl groups excluding tert-OH is 1. The number of nitrogens with zero attached hydrogens (tertiary/aromatic N) is 3. The normalized spacial score (nSPS) is 11.0. The van der Waals surface area contributed by atoms with Crippen molar-refractivity contribution < 1.29 is 5.11 Å². The van der Waals surface area contributed by atoms with Gasteiger partial charge >= 0.3 is 0 Å². The summed E-state index contributed by atoms with van der Waals surface area (Å²) in [6, 6.07) is 0.264. The number of anilines is 2. The van der Waals surface area contributed by atoms with Crippen LogP contribution in [-0.4, -0.2) is 34.3 Å². The summed E-state index contributed by atoms with van der Waals surface area (Å²) < 4.78 is 0. The van der Waals surface area contributed by atoms with E-state index in [-0.39, 0.29) is 12.6 Å². The molecule has 5 heteroatoms. The fourth-order valence-electron chi connectivity index (χ4n) is 1.90. The minimum Gasteiger partial charge on any atom is -0.395 e. The van der Waals surface area contributed by atoms with Gasteiger partial charge in [-0.2, -0.15) is 0 Å². The van der Waals surface area contributed by atoms with Gasteiger partial charge < -0.3 is 15.7 Å². The SMILES string of the molecule is CCCc1nc(N)c(C)c(N(CCO)C(C)C)n1. The van der Waals surface area contributed by atoms with Crippen molar-refractivity contribution in [3.05, 3.63) is 11.4 Å². The highest BCUT2D eigenvalue weighted by molar-refractivity contribution is 5.57. The molecule has 1 rings (SSSR count). The molecule has 0 aliphatic rings. The van der Waals surface area contributed by atoms with Gasteiger partial charge in [0.15, 0.2) is 0 Å². The number of nitrogens with two attached hydrogens (primary N) is 1. The lowest BCUT2D eigenvalue weighted by Crippen LogP contribution is -2.35. The third-order valence-electron chi connectivity index (χ3n) is 2.91. The smallest absolute Gasteiger partial charge is 0.137 e. The standard InChI is InChI=1S/C13H24N4O/c1-5-6-11-15-12(14)10(4)13(16-11)17(7-8-18)9(2)3/h9,18H,5-8H2,1-4H3,(H2,14,15,16). The Morgan fingerprint density at radius 3 is 2.50 bits per heavy atom. The summed E-state index contributed by atoms with van der Waals surface area (Å²) in [7, 11) is 0. The molecule has 1 heterocycles. The first-order valence-corrected chi connectivity index (χ1v) is 6.51. The second-order valence-electron chi connectivity index (χ2n) is 4.73. The summed E-state index contributed by atoms with van der Waals surface area (Å²) >= 11 is 0. The van der Waals surface area contributed by atoms with Crippen LogP contribution in [0.1, 0.15) is 38.6 Å². The van der Waals surface area contributed by atoms with Gasteiger partial charge in [0.1, 0.15) is 17.5 Å². The number of hydrogen-bond donors (Lipinski definition) is 2. The van der Waals surface area contributed by atoms with E-state index in [1.807, 2.05) is 6.92 Å². The average Bonchev–Trinajstić information content (AvgIpc) is 2.31. The molecule has 5 nitrogen and oxygen atoms in total. The van der Waals surface area contributed by atoms with Gasteiger partial charge in [-0.05, 0) is 27.2 Å². The van der Waals surface area contributed by atoms with Gasteiger partial charge in [-0.25, -0.2) is 9.97 Å². The van der Waals surface area contributed by atoms with Crippen molar-refractivity contribution in [2.24, 2.45) is 0 Å². The topological polar surface area (TPSA) is 75.3 Å². The Bertz CT molecular complexity index is 393. The highest BCUT2D eigenvalue weighted by Crippen LogP contribution is 2.23. The van der Waals surface area contributed by atoms with Gasteiger partial charge in [-0.3, -0.25) is 0 Å². The van der Waals surface area contributed by atoms with E-state index in [9.17, 15) is 0 Å². The Labute approximate surface area is 109 Å². The van der Waals surface area contributed by atoms with Crippen LogP contribution >= 0.6 is 0 Å². The van der Waals surface area contributed by atoms with E-state index in [0.29, 0.717) is 12.4 Å². The van der Waals surface area contributed by atoms with E-state index in [0.717, 1.165) is 30.0 Å².